The van der Waals surface area contributed by atoms with Crippen molar-refractivity contribution in [2.75, 3.05) is 6.54 Å². The fourth-order valence-corrected chi connectivity index (χ4v) is 4.09. The van der Waals surface area contributed by atoms with Crippen molar-refractivity contribution in [3.05, 3.63) is 16.4 Å². The fourth-order valence-electron chi connectivity index (χ4n) is 3.53. The second kappa shape index (κ2) is 6.18. The van der Waals surface area contributed by atoms with E-state index in [-0.39, 0.29) is 0 Å². The number of nitrogens with one attached hydrogen (secondary N) is 1. The maximum Gasteiger partial charge on any atom is 0.0635 e. The Labute approximate surface area is 130 Å². The van der Waals surface area contributed by atoms with Crippen molar-refractivity contribution in [2.24, 2.45) is 5.92 Å². The quantitative estimate of drug-likeness (QED) is 0.868. The molecule has 1 aromatic rings. The van der Waals surface area contributed by atoms with Crippen molar-refractivity contribution in [3.63, 3.8) is 0 Å². The highest BCUT2D eigenvalue weighted by Crippen LogP contribution is 2.41. The molecule has 2 aliphatic carbocycles. The van der Waals surface area contributed by atoms with Gasteiger partial charge in [0.25, 0.3) is 0 Å². The molecule has 4 heteroatoms. The van der Waals surface area contributed by atoms with Crippen molar-refractivity contribution >= 4 is 15.9 Å². The number of hydrogen-bond acceptors (Lipinski definition) is 2. The molecule has 0 bridgehead atoms. The van der Waals surface area contributed by atoms with Gasteiger partial charge < -0.3 is 5.32 Å². The summed E-state index contributed by atoms with van der Waals surface area (Å²) in [4.78, 5) is 0. The van der Waals surface area contributed by atoms with Gasteiger partial charge in [-0.1, -0.05) is 12.8 Å². The molecule has 1 aromatic heterocycles. The first-order valence-electron chi connectivity index (χ1n) is 8.13. The van der Waals surface area contributed by atoms with Gasteiger partial charge in [-0.25, -0.2) is 0 Å². The number of nitrogens with zero attached hydrogens (tertiary/aromatic N) is 2. The summed E-state index contributed by atoms with van der Waals surface area (Å²) in [6.45, 7) is 5.64. The van der Waals surface area contributed by atoms with E-state index in [0.29, 0.717) is 12.0 Å². The summed E-state index contributed by atoms with van der Waals surface area (Å²) in [6, 6.07) is 1.26. The number of hydrogen-bond donors (Lipinski definition) is 1. The molecule has 0 spiro atoms. The topological polar surface area (TPSA) is 29.9 Å². The van der Waals surface area contributed by atoms with Crippen LogP contribution in [0.15, 0.2) is 10.7 Å². The third-order valence-electron chi connectivity index (χ3n) is 4.78. The molecule has 0 saturated heterocycles. The largest absolute Gasteiger partial charge is 0.314 e. The highest BCUT2D eigenvalue weighted by atomic mass is 79.9. The monoisotopic (exact) mass is 339 g/mol. The Bertz CT molecular complexity index is 451. The average molecular weight is 340 g/mol. The van der Waals surface area contributed by atoms with Crippen LogP contribution in [0, 0.1) is 5.92 Å². The van der Waals surface area contributed by atoms with Crippen molar-refractivity contribution in [3.8, 4) is 0 Å². The normalized spacial score (nSPS) is 27.2. The molecule has 2 fully saturated rings. The average Bonchev–Trinajstić information content (AvgIpc) is 3.18. The lowest BCUT2D eigenvalue weighted by Gasteiger charge is -2.33. The molecular formula is C16H26BrN3. The maximum atomic E-state index is 4.58. The van der Waals surface area contributed by atoms with Crippen LogP contribution in [0.4, 0.5) is 0 Å². The molecule has 112 valence electrons. The van der Waals surface area contributed by atoms with Crippen LogP contribution in [0.25, 0.3) is 0 Å². The van der Waals surface area contributed by atoms with Gasteiger partial charge in [0.2, 0.25) is 0 Å². The third kappa shape index (κ3) is 3.11. The van der Waals surface area contributed by atoms with Crippen LogP contribution >= 0.6 is 15.9 Å². The molecule has 2 aliphatic rings. The van der Waals surface area contributed by atoms with Gasteiger partial charge in [-0.3, -0.25) is 4.68 Å². The van der Waals surface area contributed by atoms with E-state index in [0.717, 1.165) is 12.0 Å². The minimum Gasteiger partial charge on any atom is -0.314 e. The Morgan fingerprint density at radius 3 is 2.75 bits per heavy atom. The lowest BCUT2D eigenvalue weighted by Crippen LogP contribution is -2.32. The van der Waals surface area contributed by atoms with Gasteiger partial charge in [-0.15, -0.1) is 0 Å². The zero-order valence-electron chi connectivity index (χ0n) is 12.6. The first kappa shape index (κ1) is 14.6. The number of aromatic nitrogens is 2. The third-order valence-corrected chi connectivity index (χ3v) is 5.39. The lowest BCUT2D eigenvalue weighted by atomic mass is 9.77. The Hall–Kier alpha value is -0.350. The van der Waals surface area contributed by atoms with Crippen molar-refractivity contribution < 1.29 is 0 Å². The van der Waals surface area contributed by atoms with E-state index in [4.69, 9.17) is 0 Å². The van der Waals surface area contributed by atoms with Crippen LogP contribution in [-0.2, 0) is 0 Å². The van der Waals surface area contributed by atoms with Gasteiger partial charge in [0, 0.05) is 18.0 Å². The molecule has 2 atom stereocenters. The molecule has 1 heterocycles. The van der Waals surface area contributed by atoms with Crippen LogP contribution in [0.5, 0.6) is 0 Å². The molecule has 3 rings (SSSR count). The molecule has 20 heavy (non-hydrogen) atoms. The van der Waals surface area contributed by atoms with E-state index >= 15 is 0 Å². The Balaban J connectivity index is 1.79. The van der Waals surface area contributed by atoms with E-state index in [9.17, 15) is 0 Å². The van der Waals surface area contributed by atoms with Gasteiger partial charge in [0.15, 0.2) is 0 Å². The van der Waals surface area contributed by atoms with Gasteiger partial charge in [-0.05, 0) is 67.9 Å². The molecule has 0 aliphatic heterocycles. The Morgan fingerprint density at radius 1 is 1.30 bits per heavy atom. The molecule has 1 N–H and O–H groups in total. The zero-order chi connectivity index (χ0) is 14.1. The number of rotatable bonds is 5. The van der Waals surface area contributed by atoms with Crippen LogP contribution in [-0.4, -0.2) is 22.4 Å². The Morgan fingerprint density at radius 2 is 2.05 bits per heavy atom. The SMILES string of the molecule is CC(C)n1ncc(Br)c1C1CCCCC1CNC1CC1. The van der Waals surface area contributed by atoms with E-state index in [1.807, 2.05) is 6.20 Å². The summed E-state index contributed by atoms with van der Waals surface area (Å²) in [5.74, 6) is 1.43. The summed E-state index contributed by atoms with van der Waals surface area (Å²) < 4.78 is 3.43. The van der Waals surface area contributed by atoms with Crippen LogP contribution in [0.2, 0.25) is 0 Å². The molecule has 2 unspecified atom stereocenters. The second-order valence-electron chi connectivity index (χ2n) is 6.75. The molecule has 0 aromatic carbocycles. The van der Waals surface area contributed by atoms with Crippen molar-refractivity contribution in [2.45, 2.75) is 70.4 Å². The smallest absolute Gasteiger partial charge is 0.0635 e. The molecular weight excluding hydrogens is 314 g/mol. The maximum absolute atomic E-state index is 4.58. The van der Waals surface area contributed by atoms with E-state index in [1.54, 1.807) is 0 Å². The van der Waals surface area contributed by atoms with Crippen LogP contribution < -0.4 is 5.32 Å². The molecule has 3 nitrogen and oxygen atoms in total. The first-order chi connectivity index (χ1) is 9.66. The predicted octanol–water partition coefficient (Wildman–Crippen LogP) is 4.25. The minimum absolute atomic E-state index is 0.440. The van der Waals surface area contributed by atoms with Crippen LogP contribution in [0.1, 0.15) is 70.0 Å². The standard InChI is InChI=1S/C16H26BrN3/c1-11(2)20-16(15(17)10-19-20)14-6-4-3-5-12(14)9-18-13-7-8-13/h10-14,18H,3-9H2,1-2H3. The van der Waals surface area contributed by atoms with Gasteiger partial charge in [0.05, 0.1) is 16.4 Å². The van der Waals surface area contributed by atoms with Crippen molar-refractivity contribution in [1.29, 1.82) is 0 Å². The summed E-state index contributed by atoms with van der Waals surface area (Å²) in [6.07, 6.45) is 10.2. The molecule has 0 radical (unpaired) electrons. The molecule has 0 amide bonds. The first-order valence-corrected chi connectivity index (χ1v) is 8.92. The van der Waals surface area contributed by atoms with E-state index < -0.39 is 0 Å². The number of halogens is 1. The molecule has 2 saturated carbocycles. The van der Waals surface area contributed by atoms with E-state index in [1.165, 1.54) is 55.2 Å². The lowest BCUT2D eigenvalue weighted by molar-refractivity contribution is 0.278. The summed E-state index contributed by atoms with van der Waals surface area (Å²) in [5, 5.41) is 8.32. The summed E-state index contributed by atoms with van der Waals surface area (Å²) in [5.41, 5.74) is 1.43. The van der Waals surface area contributed by atoms with Gasteiger partial charge in [0.1, 0.15) is 0 Å². The minimum atomic E-state index is 0.440. The van der Waals surface area contributed by atoms with Crippen molar-refractivity contribution in [1.82, 2.24) is 15.1 Å². The predicted molar refractivity (Wildman–Crippen MR) is 86.0 cm³/mol. The highest BCUT2D eigenvalue weighted by Gasteiger charge is 2.32. The Kier molecular flexibility index (Phi) is 4.51. The van der Waals surface area contributed by atoms with E-state index in [2.05, 4.69) is 44.9 Å². The zero-order valence-corrected chi connectivity index (χ0v) is 14.2. The van der Waals surface area contributed by atoms with Crippen LogP contribution in [0.3, 0.4) is 0 Å². The van der Waals surface area contributed by atoms with Gasteiger partial charge >= 0.3 is 0 Å². The summed E-state index contributed by atoms with van der Waals surface area (Å²) >= 11 is 3.74. The fraction of sp³-hybridized carbons (Fsp3) is 0.812. The van der Waals surface area contributed by atoms with Gasteiger partial charge in [-0.2, -0.15) is 5.10 Å². The highest BCUT2D eigenvalue weighted by molar-refractivity contribution is 9.10. The second-order valence-corrected chi connectivity index (χ2v) is 7.60. The summed E-state index contributed by atoms with van der Waals surface area (Å²) in [7, 11) is 0.